The van der Waals surface area contributed by atoms with Gasteiger partial charge in [-0.25, -0.2) is 8.42 Å². The quantitative estimate of drug-likeness (QED) is 0.773. The Balaban J connectivity index is 1.58. The zero-order chi connectivity index (χ0) is 20.0. The monoisotopic (exact) mass is 401 g/mol. The number of hydrogen-bond acceptors (Lipinski definition) is 4. The van der Waals surface area contributed by atoms with E-state index < -0.39 is 10.0 Å². The molecule has 3 rings (SSSR count). The standard InChI is InChI=1S/C21H27N3O3S/c1-2-11-22-21(25)19-8-6-7-18(16-19)17-23-12-14-24(15-13-23)28(26,27)20-9-4-3-5-10-20/h3-10,16H,2,11-15,17H2,1H3,(H,22,25). The molecule has 0 aliphatic carbocycles. The Morgan fingerprint density at radius 2 is 1.71 bits per heavy atom. The average Bonchev–Trinajstić information content (AvgIpc) is 2.73. The molecule has 1 N–H and O–H groups in total. The number of amides is 1. The third-order valence-corrected chi connectivity index (χ3v) is 6.76. The largest absolute Gasteiger partial charge is 0.352 e. The fraction of sp³-hybridized carbons (Fsp3) is 0.381. The van der Waals surface area contributed by atoms with Crippen LogP contribution in [0.2, 0.25) is 0 Å². The number of hydrogen-bond donors (Lipinski definition) is 1. The zero-order valence-corrected chi connectivity index (χ0v) is 17.0. The molecule has 1 amide bonds. The van der Waals surface area contributed by atoms with Crippen molar-refractivity contribution in [2.75, 3.05) is 32.7 Å². The molecule has 2 aromatic rings. The predicted molar refractivity (Wildman–Crippen MR) is 110 cm³/mol. The minimum absolute atomic E-state index is 0.0533. The van der Waals surface area contributed by atoms with Crippen LogP contribution >= 0.6 is 0 Å². The lowest BCUT2D eigenvalue weighted by Gasteiger charge is -2.34. The number of sulfonamides is 1. The van der Waals surface area contributed by atoms with E-state index in [0.29, 0.717) is 49.7 Å². The molecule has 1 aliphatic rings. The molecular weight excluding hydrogens is 374 g/mol. The number of piperazine rings is 1. The van der Waals surface area contributed by atoms with Gasteiger partial charge in [0, 0.05) is 44.8 Å². The summed E-state index contributed by atoms with van der Waals surface area (Å²) < 4.78 is 27.0. The van der Waals surface area contributed by atoms with Crippen LogP contribution in [-0.2, 0) is 16.6 Å². The van der Waals surface area contributed by atoms with E-state index in [1.165, 1.54) is 0 Å². The van der Waals surface area contributed by atoms with E-state index in [0.717, 1.165) is 12.0 Å². The van der Waals surface area contributed by atoms with Crippen molar-refractivity contribution in [1.29, 1.82) is 0 Å². The second-order valence-electron chi connectivity index (χ2n) is 6.95. The number of nitrogens with one attached hydrogen (secondary N) is 1. The minimum Gasteiger partial charge on any atom is -0.352 e. The van der Waals surface area contributed by atoms with Gasteiger partial charge in [-0.3, -0.25) is 9.69 Å². The number of carbonyl (C=O) groups is 1. The highest BCUT2D eigenvalue weighted by Crippen LogP contribution is 2.18. The van der Waals surface area contributed by atoms with Crippen LogP contribution in [0.15, 0.2) is 59.5 Å². The van der Waals surface area contributed by atoms with Crippen LogP contribution < -0.4 is 5.32 Å². The summed E-state index contributed by atoms with van der Waals surface area (Å²) in [5.41, 5.74) is 1.72. The van der Waals surface area contributed by atoms with Gasteiger partial charge in [0.1, 0.15) is 0 Å². The second-order valence-corrected chi connectivity index (χ2v) is 8.89. The Morgan fingerprint density at radius 1 is 1.00 bits per heavy atom. The number of nitrogens with zero attached hydrogens (tertiary/aromatic N) is 2. The van der Waals surface area contributed by atoms with Gasteiger partial charge < -0.3 is 5.32 Å². The summed E-state index contributed by atoms with van der Waals surface area (Å²) in [6.07, 6.45) is 0.904. The Hall–Kier alpha value is -2.22. The number of carbonyl (C=O) groups excluding carboxylic acids is 1. The summed E-state index contributed by atoms with van der Waals surface area (Å²) >= 11 is 0. The van der Waals surface area contributed by atoms with E-state index in [9.17, 15) is 13.2 Å². The van der Waals surface area contributed by atoms with Crippen molar-refractivity contribution >= 4 is 15.9 Å². The SMILES string of the molecule is CCCNC(=O)c1cccc(CN2CCN(S(=O)(=O)c3ccccc3)CC2)c1. The van der Waals surface area contributed by atoms with Gasteiger partial charge in [0.05, 0.1) is 4.90 Å². The van der Waals surface area contributed by atoms with Crippen molar-refractivity contribution in [1.82, 2.24) is 14.5 Å². The van der Waals surface area contributed by atoms with Gasteiger partial charge in [-0.1, -0.05) is 37.3 Å². The summed E-state index contributed by atoms with van der Waals surface area (Å²) in [5.74, 6) is -0.0533. The van der Waals surface area contributed by atoms with Gasteiger partial charge >= 0.3 is 0 Å². The molecule has 1 fully saturated rings. The van der Waals surface area contributed by atoms with Crippen molar-refractivity contribution < 1.29 is 13.2 Å². The van der Waals surface area contributed by atoms with Gasteiger partial charge in [-0.2, -0.15) is 4.31 Å². The molecule has 0 saturated carbocycles. The van der Waals surface area contributed by atoms with Gasteiger partial charge in [0.15, 0.2) is 0 Å². The molecule has 0 aromatic heterocycles. The molecule has 1 saturated heterocycles. The highest BCUT2D eigenvalue weighted by Gasteiger charge is 2.28. The molecule has 7 heteroatoms. The van der Waals surface area contributed by atoms with Gasteiger partial charge in [-0.15, -0.1) is 0 Å². The van der Waals surface area contributed by atoms with Crippen LogP contribution in [0.25, 0.3) is 0 Å². The highest BCUT2D eigenvalue weighted by atomic mass is 32.2. The van der Waals surface area contributed by atoms with Crippen LogP contribution in [0.5, 0.6) is 0 Å². The first-order valence-electron chi connectivity index (χ1n) is 9.65. The van der Waals surface area contributed by atoms with Crippen LogP contribution in [0.1, 0.15) is 29.3 Å². The number of rotatable bonds is 7. The van der Waals surface area contributed by atoms with Crippen LogP contribution in [0, 0.1) is 0 Å². The Morgan fingerprint density at radius 3 is 2.39 bits per heavy atom. The van der Waals surface area contributed by atoms with Gasteiger partial charge in [-0.05, 0) is 36.2 Å². The van der Waals surface area contributed by atoms with E-state index in [1.807, 2.05) is 37.3 Å². The fourth-order valence-corrected chi connectivity index (χ4v) is 4.72. The Bertz CT molecular complexity index is 892. The maximum atomic E-state index is 12.7. The first kappa shape index (κ1) is 20.5. The van der Waals surface area contributed by atoms with Crippen LogP contribution in [0.4, 0.5) is 0 Å². The first-order chi connectivity index (χ1) is 13.5. The lowest BCUT2D eigenvalue weighted by Crippen LogP contribution is -2.48. The molecule has 28 heavy (non-hydrogen) atoms. The van der Waals surface area contributed by atoms with E-state index in [-0.39, 0.29) is 5.91 Å². The van der Waals surface area contributed by atoms with Crippen LogP contribution in [-0.4, -0.2) is 56.3 Å². The fourth-order valence-electron chi connectivity index (χ4n) is 3.28. The summed E-state index contributed by atoms with van der Waals surface area (Å²) in [7, 11) is -3.43. The average molecular weight is 402 g/mol. The second kappa shape index (κ2) is 9.32. The molecular formula is C21H27N3O3S. The lowest BCUT2D eigenvalue weighted by atomic mass is 10.1. The molecule has 0 unspecified atom stereocenters. The molecule has 0 bridgehead atoms. The molecule has 150 valence electrons. The maximum Gasteiger partial charge on any atom is 0.251 e. The van der Waals surface area contributed by atoms with E-state index in [1.54, 1.807) is 28.6 Å². The van der Waals surface area contributed by atoms with Crippen molar-refractivity contribution in [2.45, 2.75) is 24.8 Å². The maximum absolute atomic E-state index is 12.7. The first-order valence-corrected chi connectivity index (χ1v) is 11.1. The summed E-state index contributed by atoms with van der Waals surface area (Å²) in [6, 6.07) is 16.2. The van der Waals surface area contributed by atoms with Crippen molar-refractivity contribution in [2.24, 2.45) is 0 Å². The molecule has 1 aliphatic heterocycles. The molecule has 1 heterocycles. The number of benzene rings is 2. The molecule has 0 radical (unpaired) electrons. The van der Waals surface area contributed by atoms with Gasteiger partial charge in [0.25, 0.3) is 5.91 Å². The van der Waals surface area contributed by atoms with Gasteiger partial charge in [0.2, 0.25) is 10.0 Å². The highest BCUT2D eigenvalue weighted by molar-refractivity contribution is 7.89. The molecule has 0 atom stereocenters. The normalized spacial score (nSPS) is 16.0. The third kappa shape index (κ3) is 4.98. The smallest absolute Gasteiger partial charge is 0.251 e. The molecule has 2 aromatic carbocycles. The Labute approximate surface area is 167 Å². The summed E-state index contributed by atoms with van der Waals surface area (Å²) in [5, 5.41) is 2.89. The molecule has 6 nitrogen and oxygen atoms in total. The van der Waals surface area contributed by atoms with Crippen molar-refractivity contribution in [3.05, 3.63) is 65.7 Å². The lowest BCUT2D eigenvalue weighted by molar-refractivity contribution is 0.0953. The summed E-state index contributed by atoms with van der Waals surface area (Å²) in [4.78, 5) is 14.7. The zero-order valence-electron chi connectivity index (χ0n) is 16.2. The van der Waals surface area contributed by atoms with Crippen LogP contribution in [0.3, 0.4) is 0 Å². The van der Waals surface area contributed by atoms with Crippen molar-refractivity contribution in [3.63, 3.8) is 0 Å². The third-order valence-electron chi connectivity index (χ3n) is 4.84. The Kier molecular flexibility index (Phi) is 6.83. The predicted octanol–water partition coefficient (Wildman–Crippen LogP) is 2.33. The van der Waals surface area contributed by atoms with E-state index >= 15 is 0 Å². The van der Waals surface area contributed by atoms with Crippen molar-refractivity contribution in [3.8, 4) is 0 Å². The van der Waals surface area contributed by atoms with E-state index in [4.69, 9.17) is 0 Å². The minimum atomic E-state index is -3.43. The topological polar surface area (TPSA) is 69.7 Å². The van der Waals surface area contributed by atoms with E-state index in [2.05, 4.69) is 10.2 Å². The summed E-state index contributed by atoms with van der Waals surface area (Å²) in [6.45, 7) is 5.65. The molecule has 0 spiro atoms.